The van der Waals surface area contributed by atoms with Gasteiger partial charge in [-0.25, -0.2) is 4.98 Å². The molecule has 4 nitrogen and oxygen atoms in total. The summed E-state index contributed by atoms with van der Waals surface area (Å²) in [5, 5.41) is 3.68. The number of fused-ring (bicyclic) bond motifs is 1. The Labute approximate surface area is 126 Å². The maximum Gasteiger partial charge on any atom is 0.122 e. The van der Waals surface area contributed by atoms with Gasteiger partial charge in [0.2, 0.25) is 0 Å². The number of imidazole rings is 1. The molecule has 0 saturated heterocycles. The summed E-state index contributed by atoms with van der Waals surface area (Å²) in [6.45, 7) is 7.22. The van der Waals surface area contributed by atoms with Gasteiger partial charge in [-0.1, -0.05) is 26.0 Å². The molecule has 0 aliphatic carbocycles. The van der Waals surface area contributed by atoms with E-state index >= 15 is 0 Å². The third-order valence-corrected chi connectivity index (χ3v) is 4.03. The molecule has 4 heteroatoms. The van der Waals surface area contributed by atoms with Crippen LogP contribution in [0.5, 0.6) is 5.75 Å². The highest BCUT2D eigenvalue weighted by molar-refractivity contribution is 5.40. The number of rotatable bonds is 6. The van der Waals surface area contributed by atoms with E-state index < -0.39 is 0 Å². The highest BCUT2D eigenvalue weighted by Gasteiger charge is 2.19. The Morgan fingerprint density at radius 3 is 3.05 bits per heavy atom. The molecule has 3 rings (SSSR count). The average Bonchev–Trinajstić information content (AvgIpc) is 3.13. The molecular formula is C17H23N3O. The molecule has 2 heterocycles. The number of ether oxygens (including phenoxy) is 1. The van der Waals surface area contributed by atoms with Crippen LogP contribution in [0.15, 0.2) is 36.9 Å². The number of hydrogen-bond acceptors (Lipinski definition) is 3. The van der Waals surface area contributed by atoms with Gasteiger partial charge in [0.25, 0.3) is 0 Å². The highest BCUT2D eigenvalue weighted by atomic mass is 16.5. The Morgan fingerprint density at radius 1 is 1.38 bits per heavy atom. The van der Waals surface area contributed by atoms with E-state index in [9.17, 15) is 0 Å². The second-order valence-corrected chi connectivity index (χ2v) is 5.94. The van der Waals surface area contributed by atoms with Crippen LogP contribution in [0, 0.1) is 5.92 Å². The second kappa shape index (κ2) is 6.31. The molecule has 1 aliphatic heterocycles. The minimum Gasteiger partial charge on any atom is -0.493 e. The van der Waals surface area contributed by atoms with Gasteiger partial charge >= 0.3 is 0 Å². The van der Waals surface area contributed by atoms with E-state index in [1.807, 2.05) is 18.7 Å². The SMILES string of the molecule is CC(C)C(NCCn1ccnc1)c1ccc2c(c1)CCO2. The predicted molar refractivity (Wildman–Crippen MR) is 83.4 cm³/mol. The van der Waals surface area contributed by atoms with Crippen molar-refractivity contribution in [2.75, 3.05) is 13.2 Å². The Hall–Kier alpha value is -1.81. The van der Waals surface area contributed by atoms with Crippen LogP contribution in [0.25, 0.3) is 0 Å². The van der Waals surface area contributed by atoms with Crippen molar-refractivity contribution in [3.8, 4) is 5.75 Å². The molecule has 2 aromatic rings. The summed E-state index contributed by atoms with van der Waals surface area (Å²) in [6.07, 6.45) is 6.71. The van der Waals surface area contributed by atoms with Crippen molar-refractivity contribution < 1.29 is 4.74 Å². The van der Waals surface area contributed by atoms with Gasteiger partial charge in [-0.2, -0.15) is 0 Å². The van der Waals surface area contributed by atoms with E-state index in [0.717, 1.165) is 31.9 Å². The summed E-state index contributed by atoms with van der Waals surface area (Å²) in [5.41, 5.74) is 2.70. The molecule has 0 saturated carbocycles. The second-order valence-electron chi connectivity index (χ2n) is 5.94. The highest BCUT2D eigenvalue weighted by Crippen LogP contribution is 2.30. The fourth-order valence-corrected chi connectivity index (χ4v) is 2.91. The molecule has 112 valence electrons. The summed E-state index contributed by atoms with van der Waals surface area (Å²) < 4.78 is 7.69. The summed E-state index contributed by atoms with van der Waals surface area (Å²) >= 11 is 0. The van der Waals surface area contributed by atoms with Gasteiger partial charge in [-0.15, -0.1) is 0 Å². The van der Waals surface area contributed by atoms with Crippen LogP contribution in [0.1, 0.15) is 31.0 Å². The van der Waals surface area contributed by atoms with Crippen LogP contribution in [0.3, 0.4) is 0 Å². The van der Waals surface area contributed by atoms with Crippen molar-refractivity contribution >= 4 is 0 Å². The molecule has 1 atom stereocenters. The maximum atomic E-state index is 5.59. The molecular weight excluding hydrogens is 262 g/mol. The van der Waals surface area contributed by atoms with E-state index in [-0.39, 0.29) is 0 Å². The first-order valence-electron chi connectivity index (χ1n) is 7.69. The zero-order valence-electron chi connectivity index (χ0n) is 12.7. The standard InChI is InChI=1S/C17H23N3O/c1-13(2)17(19-7-9-20-8-6-18-12-20)15-3-4-16-14(11-15)5-10-21-16/h3-4,6,8,11-13,17,19H,5,7,9-10H2,1-2H3. The van der Waals surface area contributed by atoms with E-state index in [1.165, 1.54) is 11.1 Å². The normalized spacial score (nSPS) is 15.0. The van der Waals surface area contributed by atoms with Crippen molar-refractivity contribution in [1.29, 1.82) is 0 Å². The predicted octanol–water partition coefficient (Wildman–Crippen LogP) is 2.80. The lowest BCUT2D eigenvalue weighted by Gasteiger charge is -2.23. The summed E-state index contributed by atoms with van der Waals surface area (Å²) in [7, 11) is 0. The summed E-state index contributed by atoms with van der Waals surface area (Å²) in [6, 6.07) is 6.99. The van der Waals surface area contributed by atoms with Crippen LogP contribution in [-0.2, 0) is 13.0 Å². The van der Waals surface area contributed by atoms with E-state index in [4.69, 9.17) is 4.74 Å². The number of benzene rings is 1. The molecule has 0 bridgehead atoms. The fourth-order valence-electron chi connectivity index (χ4n) is 2.91. The quantitative estimate of drug-likeness (QED) is 0.887. The first-order valence-corrected chi connectivity index (χ1v) is 7.69. The van der Waals surface area contributed by atoms with Gasteiger partial charge in [0, 0.05) is 37.9 Å². The first-order chi connectivity index (χ1) is 10.2. The van der Waals surface area contributed by atoms with Crippen LogP contribution in [-0.4, -0.2) is 22.7 Å². The molecule has 1 aromatic carbocycles. The van der Waals surface area contributed by atoms with Gasteiger partial charge in [-0.05, 0) is 23.1 Å². The smallest absolute Gasteiger partial charge is 0.122 e. The van der Waals surface area contributed by atoms with Crippen molar-refractivity contribution in [3.05, 3.63) is 48.0 Å². The van der Waals surface area contributed by atoms with Crippen molar-refractivity contribution in [2.45, 2.75) is 32.9 Å². The van der Waals surface area contributed by atoms with Gasteiger partial charge in [-0.3, -0.25) is 0 Å². The third kappa shape index (κ3) is 3.27. The zero-order valence-corrected chi connectivity index (χ0v) is 12.7. The molecule has 0 spiro atoms. The minimum absolute atomic E-state index is 0.374. The number of aromatic nitrogens is 2. The average molecular weight is 285 g/mol. The lowest BCUT2D eigenvalue weighted by Crippen LogP contribution is -2.28. The van der Waals surface area contributed by atoms with Crippen LogP contribution in [0.4, 0.5) is 0 Å². The lowest BCUT2D eigenvalue weighted by atomic mass is 9.94. The van der Waals surface area contributed by atoms with Crippen LogP contribution >= 0.6 is 0 Å². The fraction of sp³-hybridized carbons (Fsp3) is 0.471. The first kappa shape index (κ1) is 14.1. The topological polar surface area (TPSA) is 39.1 Å². The monoisotopic (exact) mass is 285 g/mol. The molecule has 0 radical (unpaired) electrons. The van der Waals surface area contributed by atoms with Crippen molar-refractivity contribution in [1.82, 2.24) is 14.9 Å². The number of nitrogens with zero attached hydrogens (tertiary/aromatic N) is 2. The Morgan fingerprint density at radius 2 is 2.29 bits per heavy atom. The van der Waals surface area contributed by atoms with Crippen molar-refractivity contribution in [3.63, 3.8) is 0 Å². The minimum atomic E-state index is 0.374. The Bertz CT molecular complexity index is 578. The molecule has 0 amide bonds. The van der Waals surface area contributed by atoms with Gasteiger partial charge in [0.15, 0.2) is 0 Å². The lowest BCUT2D eigenvalue weighted by molar-refractivity contribution is 0.356. The summed E-state index contributed by atoms with van der Waals surface area (Å²) in [4.78, 5) is 4.07. The largest absolute Gasteiger partial charge is 0.493 e. The zero-order chi connectivity index (χ0) is 14.7. The molecule has 1 aromatic heterocycles. The molecule has 0 fully saturated rings. The van der Waals surface area contributed by atoms with Crippen LogP contribution < -0.4 is 10.1 Å². The maximum absolute atomic E-state index is 5.59. The molecule has 1 N–H and O–H groups in total. The van der Waals surface area contributed by atoms with E-state index in [1.54, 1.807) is 0 Å². The molecule has 1 aliphatic rings. The van der Waals surface area contributed by atoms with Gasteiger partial charge < -0.3 is 14.6 Å². The van der Waals surface area contributed by atoms with Gasteiger partial charge in [0.1, 0.15) is 5.75 Å². The van der Waals surface area contributed by atoms with Crippen molar-refractivity contribution in [2.24, 2.45) is 5.92 Å². The van der Waals surface area contributed by atoms with E-state index in [2.05, 4.69) is 46.9 Å². The Kier molecular flexibility index (Phi) is 4.25. The van der Waals surface area contributed by atoms with E-state index in [0.29, 0.717) is 12.0 Å². The third-order valence-electron chi connectivity index (χ3n) is 4.03. The van der Waals surface area contributed by atoms with Crippen LogP contribution in [0.2, 0.25) is 0 Å². The molecule has 1 unspecified atom stereocenters. The summed E-state index contributed by atoms with van der Waals surface area (Å²) in [5.74, 6) is 1.60. The van der Waals surface area contributed by atoms with Gasteiger partial charge in [0.05, 0.1) is 12.9 Å². The number of hydrogen-bond donors (Lipinski definition) is 1. The number of nitrogens with one attached hydrogen (secondary N) is 1. The Balaban J connectivity index is 1.66. The molecule has 21 heavy (non-hydrogen) atoms.